The standard InChI is InChI=1S/C24H22N4O2/c1-16-12-14-18(15-13-16)25-24(30)27-22-23(29)28(2)20-11-7-6-10-19(20)21(26-22)17-8-4-3-5-9-17/h3-15,22H,1-2H3,(H2,25,27,30)/t22-/m1/s1. The van der Waals surface area contributed by atoms with Gasteiger partial charge in [0, 0.05) is 23.9 Å². The molecule has 6 heteroatoms. The molecule has 0 aliphatic carbocycles. The van der Waals surface area contributed by atoms with Gasteiger partial charge in [-0.15, -0.1) is 0 Å². The van der Waals surface area contributed by atoms with Gasteiger partial charge in [-0.05, 0) is 25.1 Å². The molecule has 0 unspecified atom stereocenters. The molecule has 150 valence electrons. The van der Waals surface area contributed by atoms with E-state index in [-0.39, 0.29) is 5.91 Å². The number of amides is 3. The molecule has 0 spiro atoms. The summed E-state index contributed by atoms with van der Waals surface area (Å²) in [6, 6.07) is 24.2. The van der Waals surface area contributed by atoms with Gasteiger partial charge in [0.1, 0.15) is 0 Å². The molecule has 0 saturated heterocycles. The Labute approximate surface area is 175 Å². The van der Waals surface area contributed by atoms with Crippen LogP contribution in [0.1, 0.15) is 16.7 Å². The number of benzene rings is 3. The van der Waals surface area contributed by atoms with Crippen molar-refractivity contribution in [3.8, 4) is 0 Å². The summed E-state index contributed by atoms with van der Waals surface area (Å²) < 4.78 is 0. The van der Waals surface area contributed by atoms with Crippen LogP contribution >= 0.6 is 0 Å². The number of urea groups is 1. The average molecular weight is 398 g/mol. The number of nitrogens with one attached hydrogen (secondary N) is 2. The number of hydrogen-bond acceptors (Lipinski definition) is 3. The average Bonchev–Trinajstić information content (AvgIpc) is 2.87. The molecule has 0 fully saturated rings. The second kappa shape index (κ2) is 8.21. The number of fused-ring (bicyclic) bond motifs is 1. The lowest BCUT2D eigenvalue weighted by atomic mass is 10.0. The van der Waals surface area contributed by atoms with Gasteiger partial charge in [0.2, 0.25) is 6.17 Å². The molecule has 0 aromatic heterocycles. The quantitative estimate of drug-likeness (QED) is 0.701. The van der Waals surface area contributed by atoms with Crippen LogP contribution in [0.2, 0.25) is 0 Å². The van der Waals surface area contributed by atoms with Gasteiger partial charge in [0.25, 0.3) is 5.91 Å². The molecule has 1 aliphatic rings. The van der Waals surface area contributed by atoms with Crippen molar-refractivity contribution in [2.24, 2.45) is 4.99 Å². The third kappa shape index (κ3) is 3.93. The van der Waals surface area contributed by atoms with Gasteiger partial charge in [-0.1, -0.05) is 66.2 Å². The number of anilines is 2. The van der Waals surface area contributed by atoms with E-state index in [0.717, 1.165) is 22.4 Å². The molecule has 3 amide bonds. The molecule has 4 rings (SSSR count). The van der Waals surface area contributed by atoms with Crippen LogP contribution in [0.5, 0.6) is 0 Å². The Kier molecular flexibility index (Phi) is 5.30. The van der Waals surface area contributed by atoms with E-state index in [1.54, 1.807) is 7.05 Å². The molecule has 1 heterocycles. The largest absolute Gasteiger partial charge is 0.321 e. The van der Waals surface area contributed by atoms with Gasteiger partial charge >= 0.3 is 6.03 Å². The number of aryl methyl sites for hydroxylation is 1. The molecule has 0 radical (unpaired) electrons. The fourth-order valence-electron chi connectivity index (χ4n) is 3.37. The molecule has 1 atom stereocenters. The lowest BCUT2D eigenvalue weighted by Gasteiger charge is -2.21. The molecule has 6 nitrogen and oxygen atoms in total. The van der Waals surface area contributed by atoms with Crippen LogP contribution in [0.3, 0.4) is 0 Å². The summed E-state index contributed by atoms with van der Waals surface area (Å²) in [4.78, 5) is 31.9. The van der Waals surface area contributed by atoms with Crippen LogP contribution in [-0.2, 0) is 4.79 Å². The van der Waals surface area contributed by atoms with E-state index < -0.39 is 12.2 Å². The summed E-state index contributed by atoms with van der Waals surface area (Å²) in [7, 11) is 1.69. The second-order valence-corrected chi connectivity index (χ2v) is 7.13. The highest BCUT2D eigenvalue weighted by Gasteiger charge is 2.30. The Balaban J connectivity index is 1.68. The van der Waals surface area contributed by atoms with Crippen molar-refractivity contribution >= 4 is 29.0 Å². The Morgan fingerprint density at radius 2 is 1.60 bits per heavy atom. The minimum atomic E-state index is -1.05. The molecule has 0 saturated carbocycles. The van der Waals surface area contributed by atoms with Gasteiger partial charge in [0.05, 0.1) is 11.4 Å². The number of benzodiazepines with no additional fused rings is 1. The lowest BCUT2D eigenvalue weighted by molar-refractivity contribution is -0.119. The van der Waals surface area contributed by atoms with E-state index in [1.165, 1.54) is 4.90 Å². The number of carbonyl (C=O) groups excluding carboxylic acids is 2. The van der Waals surface area contributed by atoms with Crippen molar-refractivity contribution < 1.29 is 9.59 Å². The second-order valence-electron chi connectivity index (χ2n) is 7.13. The first-order chi connectivity index (χ1) is 14.5. The number of nitrogens with zero attached hydrogens (tertiary/aromatic N) is 2. The van der Waals surface area contributed by atoms with E-state index in [2.05, 4.69) is 15.6 Å². The Morgan fingerprint density at radius 3 is 2.33 bits per heavy atom. The van der Waals surface area contributed by atoms with Crippen molar-refractivity contribution in [3.05, 3.63) is 95.6 Å². The SMILES string of the molecule is Cc1ccc(NC(=O)N[C@H]2N=C(c3ccccc3)c3ccccc3N(C)C2=O)cc1. The van der Waals surface area contributed by atoms with Crippen molar-refractivity contribution in [1.82, 2.24) is 5.32 Å². The highest BCUT2D eigenvalue weighted by Crippen LogP contribution is 2.27. The number of hydrogen-bond donors (Lipinski definition) is 2. The highest BCUT2D eigenvalue weighted by atomic mass is 16.2. The molecule has 30 heavy (non-hydrogen) atoms. The third-order valence-corrected chi connectivity index (χ3v) is 4.97. The maximum Gasteiger partial charge on any atom is 0.321 e. The van der Waals surface area contributed by atoms with Gasteiger partial charge in [0.15, 0.2) is 0 Å². The zero-order valence-electron chi connectivity index (χ0n) is 16.8. The smallest absolute Gasteiger partial charge is 0.311 e. The first-order valence-corrected chi connectivity index (χ1v) is 9.67. The number of likely N-dealkylation sites (N-methyl/N-ethyl adjacent to an activating group) is 1. The van der Waals surface area contributed by atoms with E-state index in [4.69, 9.17) is 0 Å². The molecule has 1 aliphatic heterocycles. The Hall–Kier alpha value is -3.93. The molecular weight excluding hydrogens is 376 g/mol. The first-order valence-electron chi connectivity index (χ1n) is 9.67. The summed E-state index contributed by atoms with van der Waals surface area (Å²) in [6.45, 7) is 1.97. The molecule has 0 bridgehead atoms. The third-order valence-electron chi connectivity index (χ3n) is 4.97. The van der Waals surface area contributed by atoms with E-state index in [1.807, 2.05) is 85.8 Å². The van der Waals surface area contributed by atoms with Crippen LogP contribution in [0.15, 0.2) is 83.9 Å². The maximum atomic E-state index is 13.1. The number of carbonyl (C=O) groups is 2. The fourth-order valence-corrected chi connectivity index (χ4v) is 3.37. The monoisotopic (exact) mass is 398 g/mol. The number of rotatable bonds is 3. The lowest BCUT2D eigenvalue weighted by Crippen LogP contribution is -2.47. The zero-order valence-corrected chi connectivity index (χ0v) is 16.8. The summed E-state index contributed by atoms with van der Waals surface area (Å²) >= 11 is 0. The Morgan fingerprint density at radius 1 is 0.933 bits per heavy atom. The number of aliphatic imine (C=N–C) groups is 1. The van der Waals surface area contributed by atoms with Crippen LogP contribution in [0.4, 0.5) is 16.2 Å². The van der Waals surface area contributed by atoms with Crippen molar-refractivity contribution in [1.29, 1.82) is 0 Å². The van der Waals surface area contributed by atoms with Gasteiger partial charge in [-0.2, -0.15) is 0 Å². The predicted octanol–water partition coefficient (Wildman–Crippen LogP) is 3.96. The Bertz CT molecular complexity index is 1110. The van der Waals surface area contributed by atoms with Gasteiger partial charge in [-0.3, -0.25) is 4.79 Å². The van der Waals surface area contributed by atoms with Crippen LogP contribution in [0.25, 0.3) is 0 Å². The maximum absolute atomic E-state index is 13.1. The first kappa shape index (κ1) is 19.4. The topological polar surface area (TPSA) is 73.8 Å². The van der Waals surface area contributed by atoms with Gasteiger partial charge in [-0.25, -0.2) is 9.79 Å². The molecular formula is C24H22N4O2. The highest BCUT2D eigenvalue weighted by molar-refractivity contribution is 6.20. The normalized spacial score (nSPS) is 15.7. The minimum Gasteiger partial charge on any atom is -0.311 e. The van der Waals surface area contributed by atoms with E-state index in [0.29, 0.717) is 11.4 Å². The summed E-state index contributed by atoms with van der Waals surface area (Å²) in [6.07, 6.45) is -1.05. The summed E-state index contributed by atoms with van der Waals surface area (Å²) in [5.41, 5.74) is 4.85. The zero-order chi connectivity index (χ0) is 21.1. The minimum absolute atomic E-state index is 0.313. The van der Waals surface area contributed by atoms with Gasteiger partial charge < -0.3 is 15.5 Å². The van der Waals surface area contributed by atoms with Crippen LogP contribution < -0.4 is 15.5 Å². The van der Waals surface area contributed by atoms with Crippen LogP contribution in [-0.4, -0.2) is 30.9 Å². The van der Waals surface area contributed by atoms with E-state index in [9.17, 15) is 9.59 Å². The summed E-state index contributed by atoms with van der Waals surface area (Å²) in [5.74, 6) is -0.313. The number of para-hydroxylation sites is 1. The molecule has 3 aromatic rings. The van der Waals surface area contributed by atoms with Crippen molar-refractivity contribution in [3.63, 3.8) is 0 Å². The van der Waals surface area contributed by atoms with Crippen LogP contribution in [0, 0.1) is 6.92 Å². The molecule has 3 aromatic carbocycles. The van der Waals surface area contributed by atoms with E-state index >= 15 is 0 Å². The molecule has 2 N–H and O–H groups in total. The van der Waals surface area contributed by atoms with Crippen molar-refractivity contribution in [2.45, 2.75) is 13.1 Å². The summed E-state index contributed by atoms with van der Waals surface area (Å²) in [5, 5.41) is 5.47. The fraction of sp³-hybridized carbons (Fsp3) is 0.125. The van der Waals surface area contributed by atoms with Crippen molar-refractivity contribution in [2.75, 3.05) is 17.3 Å². The predicted molar refractivity (Wildman–Crippen MR) is 119 cm³/mol.